The van der Waals surface area contributed by atoms with Gasteiger partial charge in [0.05, 0.1) is 7.11 Å². The topological polar surface area (TPSA) is 38.3 Å². The molecular weight excluding hydrogens is 230 g/mol. The van der Waals surface area contributed by atoms with E-state index in [-0.39, 0.29) is 10.0 Å². The van der Waals surface area contributed by atoms with Crippen molar-refractivity contribution in [1.82, 2.24) is 5.32 Å². The van der Waals surface area contributed by atoms with Crippen molar-refractivity contribution in [3.63, 3.8) is 0 Å². The van der Waals surface area contributed by atoms with E-state index in [0.29, 0.717) is 0 Å². The second kappa shape index (κ2) is 4.70. The Balaban J connectivity index is 2.16. The molecule has 0 amide bonds. The summed E-state index contributed by atoms with van der Waals surface area (Å²) in [6.45, 7) is 0.961. The number of carbonyl (C=O) groups is 1. The van der Waals surface area contributed by atoms with Gasteiger partial charge < -0.3 is 10.1 Å². The zero-order valence-corrected chi connectivity index (χ0v) is 10.4. The fourth-order valence-corrected chi connectivity index (χ4v) is 5.16. The summed E-state index contributed by atoms with van der Waals surface area (Å²) in [5.74, 6) is 2.12. The van der Waals surface area contributed by atoms with E-state index in [1.807, 2.05) is 23.5 Å². The van der Waals surface area contributed by atoms with E-state index in [2.05, 4.69) is 10.1 Å². The highest BCUT2D eigenvalue weighted by Gasteiger charge is 2.41. The summed E-state index contributed by atoms with van der Waals surface area (Å²) in [4.78, 5) is 11.2. The molecule has 0 aromatic carbocycles. The normalized spacial score (nSPS) is 26.6. The third kappa shape index (κ3) is 2.28. The van der Waals surface area contributed by atoms with Gasteiger partial charge in [-0.15, -0.1) is 23.5 Å². The van der Waals surface area contributed by atoms with Crippen LogP contribution < -0.4 is 5.32 Å². The number of ether oxygens (including phenoxy) is 1. The molecule has 2 aliphatic rings. The van der Waals surface area contributed by atoms with Crippen LogP contribution in [-0.4, -0.2) is 35.2 Å². The molecule has 2 heterocycles. The summed E-state index contributed by atoms with van der Waals surface area (Å²) in [7, 11) is 1.42. The van der Waals surface area contributed by atoms with Gasteiger partial charge in [-0.25, -0.2) is 4.79 Å². The summed E-state index contributed by atoms with van der Waals surface area (Å²) in [6, 6.07) is 0. The summed E-state index contributed by atoms with van der Waals surface area (Å²) in [6.07, 6.45) is 3.98. The van der Waals surface area contributed by atoms with Gasteiger partial charge in [-0.2, -0.15) is 0 Å². The van der Waals surface area contributed by atoms with Crippen LogP contribution in [0.2, 0.25) is 0 Å². The van der Waals surface area contributed by atoms with Crippen LogP contribution >= 0.6 is 23.5 Å². The lowest BCUT2D eigenvalue weighted by Gasteiger charge is -2.32. The van der Waals surface area contributed by atoms with Crippen LogP contribution in [0.3, 0.4) is 0 Å². The molecule has 0 radical (unpaired) electrons. The van der Waals surface area contributed by atoms with Crippen molar-refractivity contribution in [3.8, 4) is 0 Å². The number of hydrogen-bond acceptors (Lipinski definition) is 5. The van der Waals surface area contributed by atoms with E-state index in [4.69, 9.17) is 0 Å². The average molecular weight is 245 g/mol. The first-order valence-corrected chi connectivity index (χ1v) is 7.06. The molecule has 1 N–H and O–H groups in total. The fourth-order valence-electron chi connectivity index (χ4n) is 1.84. The fraction of sp³-hybridized carbons (Fsp3) is 0.700. The lowest BCUT2D eigenvalue weighted by Crippen LogP contribution is -2.26. The number of carbonyl (C=O) groups excluding carboxylic acids is 1. The number of nitrogens with one attached hydrogen (secondary N) is 1. The van der Waals surface area contributed by atoms with Crippen molar-refractivity contribution in [2.45, 2.75) is 16.9 Å². The van der Waals surface area contributed by atoms with Crippen molar-refractivity contribution < 1.29 is 9.53 Å². The lowest BCUT2D eigenvalue weighted by atomic mass is 10.3. The molecule has 0 unspecified atom stereocenters. The Morgan fingerprint density at radius 2 is 2.27 bits per heavy atom. The maximum atomic E-state index is 11.2. The van der Waals surface area contributed by atoms with E-state index in [1.54, 1.807) is 6.08 Å². The minimum Gasteiger partial charge on any atom is -0.466 e. The van der Waals surface area contributed by atoms with Gasteiger partial charge in [0.1, 0.15) is 4.08 Å². The first-order chi connectivity index (χ1) is 7.27. The van der Waals surface area contributed by atoms with Crippen LogP contribution in [0.1, 0.15) is 12.8 Å². The summed E-state index contributed by atoms with van der Waals surface area (Å²) < 4.78 is 4.78. The molecule has 0 bridgehead atoms. The van der Waals surface area contributed by atoms with Gasteiger partial charge in [0.2, 0.25) is 0 Å². The summed E-state index contributed by atoms with van der Waals surface area (Å²) in [5.41, 5.74) is 1.05. The first kappa shape index (κ1) is 11.2. The van der Waals surface area contributed by atoms with Gasteiger partial charge in [-0.1, -0.05) is 0 Å². The second-order valence-corrected chi connectivity index (χ2v) is 6.61. The number of esters is 1. The minimum absolute atomic E-state index is 0.104. The standard InChI is InChI=1S/C10H15NO2S2/c1-13-9(12)7-8-10(3-4-11-8)14-5-2-6-15-10/h7,11H,2-6H2,1H3/b8-7-. The smallest absolute Gasteiger partial charge is 0.332 e. The highest BCUT2D eigenvalue weighted by Crippen LogP contribution is 2.51. The van der Waals surface area contributed by atoms with Crippen LogP contribution in [-0.2, 0) is 9.53 Å². The van der Waals surface area contributed by atoms with Crippen LogP contribution in [0.25, 0.3) is 0 Å². The number of rotatable bonds is 1. The van der Waals surface area contributed by atoms with E-state index in [0.717, 1.165) is 18.7 Å². The second-order valence-electron chi connectivity index (χ2n) is 3.56. The third-order valence-electron chi connectivity index (χ3n) is 2.60. The molecule has 2 fully saturated rings. The van der Waals surface area contributed by atoms with Crippen LogP contribution in [0.15, 0.2) is 11.8 Å². The summed E-state index contributed by atoms with van der Waals surface area (Å²) in [5, 5.41) is 3.30. The van der Waals surface area contributed by atoms with Crippen LogP contribution in [0, 0.1) is 0 Å². The van der Waals surface area contributed by atoms with Crippen molar-refractivity contribution >= 4 is 29.5 Å². The molecule has 0 atom stereocenters. The average Bonchev–Trinajstić information content (AvgIpc) is 2.63. The quantitative estimate of drug-likeness (QED) is 0.561. The number of hydrogen-bond donors (Lipinski definition) is 1. The molecule has 0 aliphatic carbocycles. The Morgan fingerprint density at radius 3 is 2.93 bits per heavy atom. The van der Waals surface area contributed by atoms with Gasteiger partial charge in [0, 0.05) is 18.3 Å². The summed E-state index contributed by atoms with van der Waals surface area (Å²) >= 11 is 3.92. The van der Waals surface area contributed by atoms with Gasteiger partial charge in [-0.3, -0.25) is 0 Å². The van der Waals surface area contributed by atoms with Crippen molar-refractivity contribution in [2.24, 2.45) is 0 Å². The van der Waals surface area contributed by atoms with Gasteiger partial charge in [-0.05, 0) is 24.3 Å². The molecule has 0 aromatic rings. The Morgan fingerprint density at radius 1 is 1.53 bits per heavy atom. The Hall–Kier alpha value is -0.290. The Kier molecular flexibility index (Phi) is 3.51. The SMILES string of the molecule is COC(=O)/C=C1\NCCC12SCCCS2. The maximum Gasteiger partial charge on any atom is 0.332 e. The maximum absolute atomic E-state index is 11.2. The first-order valence-electron chi connectivity index (χ1n) is 5.09. The highest BCUT2D eigenvalue weighted by molar-refractivity contribution is 8.19. The molecular formula is C10H15NO2S2. The molecule has 1 spiro atoms. The molecule has 15 heavy (non-hydrogen) atoms. The van der Waals surface area contributed by atoms with Gasteiger partial charge in [0.15, 0.2) is 0 Å². The molecule has 2 rings (SSSR count). The van der Waals surface area contributed by atoms with E-state index < -0.39 is 0 Å². The molecule has 0 aromatic heterocycles. The van der Waals surface area contributed by atoms with Crippen LogP contribution in [0.5, 0.6) is 0 Å². The third-order valence-corrected chi connectivity index (χ3v) is 6.08. The molecule has 5 heteroatoms. The van der Waals surface area contributed by atoms with E-state index >= 15 is 0 Å². The van der Waals surface area contributed by atoms with Gasteiger partial charge in [0.25, 0.3) is 0 Å². The van der Waals surface area contributed by atoms with Gasteiger partial charge >= 0.3 is 5.97 Å². The monoisotopic (exact) mass is 245 g/mol. The lowest BCUT2D eigenvalue weighted by molar-refractivity contribution is -0.134. The molecule has 84 valence electrons. The van der Waals surface area contributed by atoms with E-state index in [1.165, 1.54) is 25.0 Å². The number of thioether (sulfide) groups is 2. The Labute approximate surface area is 98.4 Å². The predicted molar refractivity (Wildman–Crippen MR) is 65.0 cm³/mol. The zero-order valence-electron chi connectivity index (χ0n) is 8.75. The predicted octanol–water partition coefficient (Wildman–Crippen LogP) is 1.60. The molecule has 2 aliphatic heterocycles. The zero-order chi connectivity index (χ0) is 10.7. The Bertz CT molecular complexity index is 285. The largest absolute Gasteiger partial charge is 0.466 e. The molecule has 2 saturated heterocycles. The number of methoxy groups -OCH3 is 1. The van der Waals surface area contributed by atoms with Crippen molar-refractivity contribution in [1.29, 1.82) is 0 Å². The highest BCUT2D eigenvalue weighted by atomic mass is 32.2. The van der Waals surface area contributed by atoms with Crippen LogP contribution in [0.4, 0.5) is 0 Å². The minimum atomic E-state index is -0.259. The molecule has 3 nitrogen and oxygen atoms in total. The van der Waals surface area contributed by atoms with Crippen molar-refractivity contribution in [2.75, 3.05) is 25.2 Å². The van der Waals surface area contributed by atoms with Crippen molar-refractivity contribution in [3.05, 3.63) is 11.8 Å². The van der Waals surface area contributed by atoms with E-state index in [9.17, 15) is 4.79 Å². The molecule has 0 saturated carbocycles.